The second-order valence-electron chi connectivity index (χ2n) is 4.23. The predicted octanol–water partition coefficient (Wildman–Crippen LogP) is 2.67. The van der Waals surface area contributed by atoms with E-state index >= 15 is 0 Å². The maximum atomic E-state index is 5.58. The SMILES string of the molecule is COC1CC(Nc2ccc(C(N)=S)cc2Br)C1. The zero-order valence-corrected chi connectivity index (χ0v) is 12.0. The van der Waals surface area contributed by atoms with Gasteiger partial charge in [-0.1, -0.05) is 12.2 Å². The summed E-state index contributed by atoms with van der Waals surface area (Å²) < 4.78 is 6.24. The summed E-state index contributed by atoms with van der Waals surface area (Å²) in [5, 5.41) is 3.47. The van der Waals surface area contributed by atoms with Crippen LogP contribution in [-0.2, 0) is 4.74 Å². The second kappa shape index (κ2) is 5.33. The fourth-order valence-corrected chi connectivity index (χ4v) is 2.50. The molecule has 1 aromatic rings. The van der Waals surface area contributed by atoms with Crippen LogP contribution in [0.5, 0.6) is 0 Å². The van der Waals surface area contributed by atoms with Gasteiger partial charge in [-0.2, -0.15) is 0 Å². The van der Waals surface area contributed by atoms with Gasteiger partial charge in [0.25, 0.3) is 0 Å². The van der Waals surface area contributed by atoms with Crippen LogP contribution in [0.1, 0.15) is 18.4 Å². The number of nitrogens with one attached hydrogen (secondary N) is 1. The van der Waals surface area contributed by atoms with Crippen LogP contribution >= 0.6 is 28.1 Å². The van der Waals surface area contributed by atoms with Gasteiger partial charge in [0.05, 0.1) is 6.10 Å². The molecule has 0 spiro atoms. The van der Waals surface area contributed by atoms with Crippen molar-refractivity contribution in [1.29, 1.82) is 0 Å². The van der Waals surface area contributed by atoms with Gasteiger partial charge in [0.2, 0.25) is 0 Å². The zero-order chi connectivity index (χ0) is 12.4. The Morgan fingerprint density at radius 3 is 2.76 bits per heavy atom. The lowest BCUT2D eigenvalue weighted by Crippen LogP contribution is -2.40. The molecular formula is C12H15BrN2OS. The molecule has 0 aliphatic heterocycles. The van der Waals surface area contributed by atoms with Crippen molar-refractivity contribution in [3.63, 3.8) is 0 Å². The van der Waals surface area contributed by atoms with Crippen LogP contribution in [0.3, 0.4) is 0 Å². The molecule has 2 rings (SSSR count). The van der Waals surface area contributed by atoms with Gasteiger partial charge in [0.15, 0.2) is 0 Å². The highest BCUT2D eigenvalue weighted by Gasteiger charge is 2.29. The minimum Gasteiger partial charge on any atom is -0.389 e. The van der Waals surface area contributed by atoms with Crippen LogP contribution in [0, 0.1) is 0 Å². The monoisotopic (exact) mass is 314 g/mol. The van der Waals surface area contributed by atoms with Crippen LogP contribution in [0.15, 0.2) is 22.7 Å². The lowest BCUT2D eigenvalue weighted by atomic mass is 9.89. The third-order valence-electron chi connectivity index (χ3n) is 3.04. The number of rotatable bonds is 4. The molecule has 1 saturated carbocycles. The molecule has 0 saturated heterocycles. The number of thiocarbonyl (C=S) groups is 1. The normalized spacial score (nSPS) is 22.9. The molecule has 1 aliphatic carbocycles. The first-order valence-electron chi connectivity index (χ1n) is 5.49. The first kappa shape index (κ1) is 12.8. The molecule has 0 radical (unpaired) electrons. The summed E-state index contributed by atoms with van der Waals surface area (Å²) in [6, 6.07) is 6.37. The van der Waals surface area contributed by atoms with E-state index in [4.69, 9.17) is 22.7 Å². The fourth-order valence-electron chi connectivity index (χ4n) is 1.88. The predicted molar refractivity (Wildman–Crippen MR) is 77.5 cm³/mol. The van der Waals surface area contributed by atoms with Gasteiger partial charge in [-0.25, -0.2) is 0 Å². The Balaban J connectivity index is 2.00. The van der Waals surface area contributed by atoms with Gasteiger partial charge in [0, 0.05) is 28.9 Å². The van der Waals surface area contributed by atoms with Gasteiger partial charge in [0.1, 0.15) is 4.99 Å². The molecule has 1 fully saturated rings. The topological polar surface area (TPSA) is 47.3 Å². The molecule has 17 heavy (non-hydrogen) atoms. The summed E-state index contributed by atoms with van der Waals surface area (Å²) in [6.07, 6.45) is 2.52. The average Bonchev–Trinajstić information content (AvgIpc) is 2.24. The van der Waals surface area contributed by atoms with Crippen molar-refractivity contribution in [2.24, 2.45) is 5.73 Å². The summed E-state index contributed by atoms with van der Waals surface area (Å²) in [4.78, 5) is 0.417. The summed E-state index contributed by atoms with van der Waals surface area (Å²) in [7, 11) is 1.76. The number of ether oxygens (including phenoxy) is 1. The second-order valence-corrected chi connectivity index (χ2v) is 5.52. The van der Waals surface area contributed by atoms with Crippen molar-refractivity contribution < 1.29 is 4.74 Å². The van der Waals surface area contributed by atoms with Gasteiger partial charge in [-0.15, -0.1) is 0 Å². The number of hydrogen-bond acceptors (Lipinski definition) is 3. The van der Waals surface area contributed by atoms with Crippen LogP contribution in [0.4, 0.5) is 5.69 Å². The highest BCUT2D eigenvalue weighted by Crippen LogP contribution is 2.30. The summed E-state index contributed by atoms with van der Waals surface area (Å²) >= 11 is 8.46. The van der Waals surface area contributed by atoms with E-state index in [1.54, 1.807) is 7.11 Å². The number of nitrogens with two attached hydrogens (primary N) is 1. The Labute approximate surface area is 115 Å². The molecule has 0 bridgehead atoms. The Kier molecular flexibility index (Phi) is 4.01. The third kappa shape index (κ3) is 2.97. The van der Waals surface area contributed by atoms with Crippen LogP contribution in [-0.4, -0.2) is 24.2 Å². The van der Waals surface area contributed by atoms with E-state index in [1.807, 2.05) is 18.2 Å². The maximum Gasteiger partial charge on any atom is 0.104 e. The smallest absolute Gasteiger partial charge is 0.104 e. The third-order valence-corrected chi connectivity index (χ3v) is 3.93. The number of benzene rings is 1. The number of hydrogen-bond donors (Lipinski definition) is 2. The summed E-state index contributed by atoms with van der Waals surface area (Å²) in [6.45, 7) is 0. The first-order valence-corrected chi connectivity index (χ1v) is 6.69. The van der Waals surface area contributed by atoms with E-state index in [9.17, 15) is 0 Å². The van der Waals surface area contributed by atoms with Crippen molar-refractivity contribution in [2.45, 2.75) is 25.0 Å². The maximum absolute atomic E-state index is 5.58. The molecule has 0 heterocycles. The molecule has 0 aromatic heterocycles. The van der Waals surface area contributed by atoms with Crippen molar-refractivity contribution in [3.8, 4) is 0 Å². The van der Waals surface area contributed by atoms with Crippen LogP contribution < -0.4 is 11.1 Å². The standard InChI is InChI=1S/C12H15BrN2OS/c1-16-9-5-8(6-9)15-11-3-2-7(12(14)17)4-10(11)13/h2-4,8-9,15H,5-6H2,1H3,(H2,14,17). The van der Waals surface area contributed by atoms with Crippen molar-refractivity contribution in [3.05, 3.63) is 28.2 Å². The van der Waals surface area contributed by atoms with Gasteiger partial charge < -0.3 is 15.8 Å². The first-order chi connectivity index (χ1) is 8.10. The van der Waals surface area contributed by atoms with Crippen LogP contribution in [0.25, 0.3) is 0 Å². The Morgan fingerprint density at radius 1 is 1.53 bits per heavy atom. The number of methoxy groups -OCH3 is 1. The minimum atomic E-state index is 0.405. The molecule has 3 N–H and O–H groups in total. The Morgan fingerprint density at radius 2 is 2.24 bits per heavy atom. The number of halogens is 1. The molecule has 0 amide bonds. The Hall–Kier alpha value is -0.650. The molecule has 0 unspecified atom stereocenters. The van der Waals surface area contributed by atoms with E-state index in [0.717, 1.165) is 28.6 Å². The molecule has 1 aliphatic rings. The van der Waals surface area contributed by atoms with Crippen LogP contribution in [0.2, 0.25) is 0 Å². The minimum absolute atomic E-state index is 0.405. The summed E-state index contributed by atoms with van der Waals surface area (Å²) in [5.41, 5.74) is 7.53. The number of anilines is 1. The van der Waals surface area contributed by atoms with Crippen molar-refractivity contribution >= 4 is 38.8 Å². The van der Waals surface area contributed by atoms with Gasteiger partial charge in [-0.3, -0.25) is 0 Å². The fraction of sp³-hybridized carbons (Fsp3) is 0.417. The molecule has 3 nitrogen and oxygen atoms in total. The van der Waals surface area contributed by atoms with E-state index in [-0.39, 0.29) is 0 Å². The quantitative estimate of drug-likeness (QED) is 0.839. The molecule has 92 valence electrons. The molecular weight excluding hydrogens is 300 g/mol. The summed E-state index contributed by atoms with van der Waals surface area (Å²) in [5.74, 6) is 0. The molecule has 5 heteroatoms. The van der Waals surface area contributed by atoms with E-state index in [0.29, 0.717) is 17.1 Å². The van der Waals surface area contributed by atoms with E-state index < -0.39 is 0 Å². The lowest BCUT2D eigenvalue weighted by Gasteiger charge is -2.35. The largest absolute Gasteiger partial charge is 0.389 e. The average molecular weight is 315 g/mol. The highest BCUT2D eigenvalue weighted by molar-refractivity contribution is 9.10. The molecule has 0 atom stereocenters. The van der Waals surface area contributed by atoms with Crippen molar-refractivity contribution in [2.75, 3.05) is 12.4 Å². The van der Waals surface area contributed by atoms with E-state index in [2.05, 4.69) is 21.2 Å². The van der Waals surface area contributed by atoms with Gasteiger partial charge >= 0.3 is 0 Å². The molecule has 1 aromatic carbocycles. The lowest BCUT2D eigenvalue weighted by molar-refractivity contribution is 0.0328. The van der Waals surface area contributed by atoms with Crippen molar-refractivity contribution in [1.82, 2.24) is 0 Å². The highest BCUT2D eigenvalue weighted by atomic mass is 79.9. The van der Waals surface area contributed by atoms with E-state index in [1.165, 1.54) is 0 Å². The Bertz CT molecular complexity index is 433. The zero-order valence-electron chi connectivity index (χ0n) is 9.57. The van der Waals surface area contributed by atoms with Gasteiger partial charge in [-0.05, 0) is 47.0 Å².